The predicted octanol–water partition coefficient (Wildman–Crippen LogP) is 3.86. The lowest BCUT2D eigenvalue weighted by atomic mass is 10.2. The van der Waals surface area contributed by atoms with Gasteiger partial charge < -0.3 is 15.2 Å². The molecule has 0 bridgehead atoms. The molecule has 0 aliphatic heterocycles. The van der Waals surface area contributed by atoms with Gasteiger partial charge in [-0.25, -0.2) is 0 Å². The number of hydrogen-bond acceptors (Lipinski definition) is 2. The molecule has 4 heteroatoms. The van der Waals surface area contributed by atoms with Crippen LogP contribution in [0.1, 0.15) is 12.6 Å². The fraction of sp³-hybridized carbons (Fsp3) is 0.294. The third kappa shape index (κ3) is 2.64. The molecule has 2 N–H and O–H groups in total. The van der Waals surface area contributed by atoms with Crippen LogP contribution in [0, 0.1) is 0 Å². The average molecular weight is 302 g/mol. The zero-order valence-electron chi connectivity index (χ0n) is 12.4. The summed E-state index contributed by atoms with van der Waals surface area (Å²) in [6.45, 7) is 0.961. The van der Waals surface area contributed by atoms with E-state index in [1.807, 2.05) is 12.1 Å². The number of nitrogens with two attached hydrogens (primary N) is 1. The molecule has 1 heterocycles. The highest BCUT2D eigenvalue weighted by Gasteiger charge is 2.15. The van der Waals surface area contributed by atoms with Gasteiger partial charge in [-0.2, -0.15) is 0 Å². The number of hydrogen-bond donors (Lipinski definition) is 1. The third-order valence-electron chi connectivity index (χ3n) is 3.88. The Morgan fingerprint density at radius 2 is 1.81 bits per heavy atom. The number of halogens is 1. The van der Waals surface area contributed by atoms with Crippen LogP contribution in [0.3, 0.4) is 0 Å². The van der Waals surface area contributed by atoms with Crippen molar-refractivity contribution in [2.45, 2.75) is 12.6 Å². The lowest BCUT2D eigenvalue weighted by molar-refractivity contribution is 0.357. The van der Waals surface area contributed by atoms with Gasteiger partial charge in [0.05, 0.1) is 17.2 Å². The fourth-order valence-corrected chi connectivity index (χ4v) is 3.02. The van der Waals surface area contributed by atoms with Crippen LogP contribution in [0.2, 0.25) is 5.02 Å². The zero-order valence-corrected chi connectivity index (χ0v) is 13.1. The quantitative estimate of drug-likeness (QED) is 0.794. The number of benzene rings is 2. The maximum Gasteiger partial charge on any atom is 0.0833 e. The van der Waals surface area contributed by atoms with Crippen LogP contribution in [0.15, 0.2) is 42.5 Å². The first-order valence-electron chi connectivity index (χ1n) is 7.16. The highest BCUT2D eigenvalue weighted by molar-refractivity contribution is 6.31. The van der Waals surface area contributed by atoms with Crippen molar-refractivity contribution in [2.24, 2.45) is 5.73 Å². The second kappa shape index (κ2) is 5.68. The molecular formula is C17H20ClN3. The SMILES string of the molecule is CN(C)CCC(N)n1c2ccccc2c2cc(Cl)ccc21. The highest BCUT2D eigenvalue weighted by atomic mass is 35.5. The van der Waals surface area contributed by atoms with E-state index >= 15 is 0 Å². The minimum Gasteiger partial charge on any atom is -0.324 e. The maximum absolute atomic E-state index is 6.46. The zero-order chi connectivity index (χ0) is 15.0. The largest absolute Gasteiger partial charge is 0.324 e. The molecule has 0 amide bonds. The molecule has 3 rings (SSSR count). The van der Waals surface area contributed by atoms with E-state index in [1.54, 1.807) is 0 Å². The van der Waals surface area contributed by atoms with Gasteiger partial charge >= 0.3 is 0 Å². The van der Waals surface area contributed by atoms with Crippen molar-refractivity contribution in [1.29, 1.82) is 0 Å². The van der Waals surface area contributed by atoms with E-state index in [-0.39, 0.29) is 6.17 Å². The number of para-hydroxylation sites is 1. The van der Waals surface area contributed by atoms with E-state index < -0.39 is 0 Å². The lowest BCUT2D eigenvalue weighted by Gasteiger charge is -2.19. The van der Waals surface area contributed by atoms with E-state index in [9.17, 15) is 0 Å². The normalized spacial score (nSPS) is 13.4. The van der Waals surface area contributed by atoms with Crippen LogP contribution in [-0.4, -0.2) is 30.1 Å². The van der Waals surface area contributed by atoms with Crippen LogP contribution in [0.4, 0.5) is 0 Å². The van der Waals surface area contributed by atoms with Gasteiger partial charge in [-0.15, -0.1) is 0 Å². The second-order valence-electron chi connectivity index (χ2n) is 5.71. The van der Waals surface area contributed by atoms with Crippen molar-refractivity contribution in [1.82, 2.24) is 9.47 Å². The fourth-order valence-electron chi connectivity index (χ4n) is 2.85. The van der Waals surface area contributed by atoms with Crippen LogP contribution in [-0.2, 0) is 0 Å². The molecule has 1 unspecified atom stereocenters. The minimum atomic E-state index is -0.0454. The molecule has 110 valence electrons. The van der Waals surface area contributed by atoms with E-state index in [0.717, 1.165) is 23.5 Å². The van der Waals surface area contributed by atoms with Crippen molar-refractivity contribution >= 4 is 33.4 Å². The van der Waals surface area contributed by atoms with Gasteiger partial charge in [-0.1, -0.05) is 29.8 Å². The van der Waals surface area contributed by atoms with E-state index in [2.05, 4.69) is 53.9 Å². The molecular weight excluding hydrogens is 282 g/mol. The van der Waals surface area contributed by atoms with Crippen LogP contribution in [0.25, 0.3) is 21.8 Å². The second-order valence-corrected chi connectivity index (χ2v) is 6.14. The predicted molar refractivity (Wildman–Crippen MR) is 90.8 cm³/mol. The summed E-state index contributed by atoms with van der Waals surface area (Å²) >= 11 is 6.16. The summed E-state index contributed by atoms with van der Waals surface area (Å²) in [7, 11) is 4.14. The van der Waals surface area contributed by atoms with Gasteiger partial charge in [0.15, 0.2) is 0 Å². The molecule has 2 aromatic carbocycles. The number of fused-ring (bicyclic) bond motifs is 3. The first kappa shape index (κ1) is 14.4. The molecule has 0 spiro atoms. The van der Waals surface area contributed by atoms with E-state index in [1.165, 1.54) is 16.3 Å². The van der Waals surface area contributed by atoms with Crippen molar-refractivity contribution < 1.29 is 0 Å². The van der Waals surface area contributed by atoms with Crippen LogP contribution in [0.5, 0.6) is 0 Å². The Bertz CT molecular complexity index is 776. The minimum absolute atomic E-state index is 0.0454. The topological polar surface area (TPSA) is 34.2 Å². The molecule has 1 aromatic heterocycles. The number of aromatic nitrogens is 1. The Morgan fingerprint density at radius 3 is 2.57 bits per heavy atom. The maximum atomic E-state index is 6.46. The van der Waals surface area contributed by atoms with Crippen molar-refractivity contribution in [2.75, 3.05) is 20.6 Å². The van der Waals surface area contributed by atoms with E-state index in [4.69, 9.17) is 17.3 Å². The van der Waals surface area contributed by atoms with Gasteiger partial charge in [0, 0.05) is 22.3 Å². The summed E-state index contributed by atoms with van der Waals surface area (Å²) in [6, 6.07) is 14.4. The molecule has 0 radical (unpaired) electrons. The Morgan fingerprint density at radius 1 is 1.10 bits per heavy atom. The number of nitrogens with zero attached hydrogens (tertiary/aromatic N) is 2. The molecule has 3 aromatic rings. The standard InChI is InChI=1S/C17H20ClN3/c1-20(2)10-9-17(19)21-15-6-4-3-5-13(15)14-11-12(18)7-8-16(14)21/h3-8,11,17H,9-10,19H2,1-2H3. The molecule has 0 aliphatic carbocycles. The molecule has 21 heavy (non-hydrogen) atoms. The summed E-state index contributed by atoms with van der Waals surface area (Å²) in [6.07, 6.45) is 0.861. The first-order chi connectivity index (χ1) is 10.1. The monoisotopic (exact) mass is 301 g/mol. The summed E-state index contributed by atoms with van der Waals surface area (Å²) < 4.78 is 2.23. The summed E-state index contributed by atoms with van der Waals surface area (Å²) in [4.78, 5) is 2.16. The number of rotatable bonds is 4. The molecule has 0 saturated heterocycles. The Balaban J connectivity index is 2.19. The molecule has 0 fully saturated rings. The third-order valence-corrected chi connectivity index (χ3v) is 4.11. The van der Waals surface area contributed by atoms with E-state index in [0.29, 0.717) is 0 Å². The van der Waals surface area contributed by atoms with Crippen molar-refractivity contribution in [3.8, 4) is 0 Å². The average Bonchev–Trinajstić information content (AvgIpc) is 2.79. The van der Waals surface area contributed by atoms with Crippen LogP contribution >= 0.6 is 11.6 Å². The van der Waals surface area contributed by atoms with Gasteiger partial charge in [0.1, 0.15) is 0 Å². The molecule has 1 atom stereocenters. The van der Waals surface area contributed by atoms with Crippen molar-refractivity contribution in [3.63, 3.8) is 0 Å². The molecule has 0 aliphatic rings. The van der Waals surface area contributed by atoms with Gasteiger partial charge in [-0.05, 0) is 44.8 Å². The van der Waals surface area contributed by atoms with Gasteiger partial charge in [0.25, 0.3) is 0 Å². The van der Waals surface area contributed by atoms with Crippen LogP contribution < -0.4 is 5.73 Å². The molecule has 0 saturated carbocycles. The highest BCUT2D eigenvalue weighted by Crippen LogP contribution is 2.33. The Labute approximate surface area is 129 Å². The van der Waals surface area contributed by atoms with Crippen molar-refractivity contribution in [3.05, 3.63) is 47.5 Å². The lowest BCUT2D eigenvalue weighted by Crippen LogP contribution is -2.24. The summed E-state index contributed by atoms with van der Waals surface area (Å²) in [5.74, 6) is 0. The Kier molecular flexibility index (Phi) is 3.89. The summed E-state index contributed by atoms with van der Waals surface area (Å²) in [5.41, 5.74) is 8.77. The molecule has 3 nitrogen and oxygen atoms in total. The summed E-state index contributed by atoms with van der Waals surface area (Å²) in [5, 5.41) is 3.13. The first-order valence-corrected chi connectivity index (χ1v) is 7.54. The van der Waals surface area contributed by atoms with Gasteiger partial charge in [0.2, 0.25) is 0 Å². The smallest absolute Gasteiger partial charge is 0.0833 e. The van der Waals surface area contributed by atoms with Gasteiger partial charge in [-0.3, -0.25) is 0 Å². The Hall–Kier alpha value is -1.55.